The molecule has 0 aromatic carbocycles. The van der Waals surface area contributed by atoms with E-state index in [0.717, 1.165) is 30.2 Å². The van der Waals surface area contributed by atoms with E-state index in [1.807, 2.05) is 6.92 Å². The van der Waals surface area contributed by atoms with Gasteiger partial charge in [0.25, 0.3) is 0 Å². The van der Waals surface area contributed by atoms with Gasteiger partial charge in [-0.25, -0.2) is 0 Å². The molecular weight excluding hydrogens is 230 g/mol. The molecule has 1 N–H and O–H groups in total. The summed E-state index contributed by atoms with van der Waals surface area (Å²) in [5, 5.41) is 7.22. The van der Waals surface area contributed by atoms with Crippen molar-refractivity contribution in [3.05, 3.63) is 35.5 Å². The van der Waals surface area contributed by atoms with E-state index in [9.17, 15) is 0 Å². The Morgan fingerprint density at radius 1 is 1.28 bits per heavy atom. The van der Waals surface area contributed by atoms with E-state index in [-0.39, 0.29) is 6.04 Å². The van der Waals surface area contributed by atoms with Crippen molar-refractivity contribution in [2.75, 3.05) is 6.54 Å². The fraction of sp³-hybridized carbons (Fsp3) is 0.500. The standard InChI is InChI=1S/C12H17N5O/c1-8(12-9(2)14-6-7-15-12)13-5-4-11-16-10(3)18-17-11/h6-8,13H,4-5H2,1-3H3. The summed E-state index contributed by atoms with van der Waals surface area (Å²) in [5.41, 5.74) is 1.93. The minimum atomic E-state index is 0.159. The number of nitrogens with one attached hydrogen (secondary N) is 1. The molecule has 0 aliphatic heterocycles. The maximum Gasteiger partial charge on any atom is 0.223 e. The van der Waals surface area contributed by atoms with Crippen molar-refractivity contribution in [2.45, 2.75) is 33.2 Å². The van der Waals surface area contributed by atoms with Crippen molar-refractivity contribution >= 4 is 0 Å². The van der Waals surface area contributed by atoms with Gasteiger partial charge in [-0.3, -0.25) is 9.97 Å². The highest BCUT2D eigenvalue weighted by atomic mass is 16.5. The molecule has 0 saturated heterocycles. The Bertz CT molecular complexity index is 511. The average Bonchev–Trinajstić information content (AvgIpc) is 2.75. The summed E-state index contributed by atoms with van der Waals surface area (Å²) in [7, 11) is 0. The SMILES string of the molecule is Cc1nc(CCNC(C)c2nccnc2C)no1. The zero-order chi connectivity index (χ0) is 13.0. The van der Waals surface area contributed by atoms with E-state index < -0.39 is 0 Å². The van der Waals surface area contributed by atoms with Crippen LogP contribution in [0.3, 0.4) is 0 Å². The Morgan fingerprint density at radius 2 is 2.06 bits per heavy atom. The predicted molar refractivity (Wildman–Crippen MR) is 65.9 cm³/mol. The molecule has 0 bridgehead atoms. The Morgan fingerprint density at radius 3 is 2.72 bits per heavy atom. The maximum absolute atomic E-state index is 4.91. The Kier molecular flexibility index (Phi) is 3.99. The van der Waals surface area contributed by atoms with Gasteiger partial charge in [0.05, 0.1) is 11.4 Å². The molecule has 0 fully saturated rings. The van der Waals surface area contributed by atoms with E-state index in [2.05, 4.69) is 32.3 Å². The quantitative estimate of drug-likeness (QED) is 0.860. The molecular formula is C12H17N5O. The number of aryl methyl sites for hydroxylation is 2. The van der Waals surface area contributed by atoms with Crippen LogP contribution >= 0.6 is 0 Å². The minimum Gasteiger partial charge on any atom is -0.340 e. The second kappa shape index (κ2) is 5.68. The van der Waals surface area contributed by atoms with Crippen molar-refractivity contribution < 1.29 is 4.52 Å². The van der Waals surface area contributed by atoms with Crippen LogP contribution in [0, 0.1) is 13.8 Å². The number of rotatable bonds is 5. The second-order valence-electron chi connectivity index (χ2n) is 4.18. The topological polar surface area (TPSA) is 76.7 Å². The van der Waals surface area contributed by atoms with Gasteiger partial charge in [-0.1, -0.05) is 5.16 Å². The third-order valence-corrected chi connectivity index (χ3v) is 2.70. The highest BCUT2D eigenvalue weighted by Crippen LogP contribution is 2.11. The van der Waals surface area contributed by atoms with Crippen molar-refractivity contribution in [3.63, 3.8) is 0 Å². The molecule has 6 heteroatoms. The van der Waals surface area contributed by atoms with Crippen LogP contribution in [0.4, 0.5) is 0 Å². The highest BCUT2D eigenvalue weighted by molar-refractivity contribution is 5.12. The smallest absolute Gasteiger partial charge is 0.223 e. The average molecular weight is 247 g/mol. The highest BCUT2D eigenvalue weighted by Gasteiger charge is 2.10. The van der Waals surface area contributed by atoms with Crippen LogP contribution in [-0.4, -0.2) is 26.7 Å². The normalized spacial score (nSPS) is 12.6. The summed E-state index contributed by atoms with van der Waals surface area (Å²) in [6, 6.07) is 0.159. The lowest BCUT2D eigenvalue weighted by molar-refractivity contribution is 0.386. The van der Waals surface area contributed by atoms with Crippen molar-refractivity contribution in [1.29, 1.82) is 0 Å². The first-order valence-electron chi connectivity index (χ1n) is 5.97. The molecule has 96 valence electrons. The summed E-state index contributed by atoms with van der Waals surface area (Å²) in [6.45, 7) is 6.59. The summed E-state index contributed by atoms with van der Waals surface area (Å²) in [4.78, 5) is 12.7. The van der Waals surface area contributed by atoms with Crippen LogP contribution in [0.1, 0.15) is 36.1 Å². The second-order valence-corrected chi connectivity index (χ2v) is 4.18. The molecule has 18 heavy (non-hydrogen) atoms. The number of aromatic nitrogens is 4. The van der Waals surface area contributed by atoms with Crippen molar-refractivity contribution in [3.8, 4) is 0 Å². The largest absolute Gasteiger partial charge is 0.340 e. The van der Waals surface area contributed by atoms with E-state index >= 15 is 0 Å². The number of nitrogens with zero attached hydrogens (tertiary/aromatic N) is 4. The lowest BCUT2D eigenvalue weighted by Crippen LogP contribution is -2.23. The molecule has 1 atom stereocenters. The van der Waals surface area contributed by atoms with Gasteiger partial charge >= 0.3 is 0 Å². The molecule has 0 amide bonds. The van der Waals surface area contributed by atoms with Crippen LogP contribution in [-0.2, 0) is 6.42 Å². The molecule has 0 spiro atoms. The Labute approximate surface area is 106 Å². The van der Waals surface area contributed by atoms with Gasteiger partial charge in [0.1, 0.15) is 0 Å². The monoisotopic (exact) mass is 247 g/mol. The van der Waals surface area contributed by atoms with Gasteiger partial charge in [-0.05, 0) is 13.8 Å². The van der Waals surface area contributed by atoms with E-state index in [1.165, 1.54) is 0 Å². The summed E-state index contributed by atoms with van der Waals surface area (Å²) >= 11 is 0. The number of hydrogen-bond acceptors (Lipinski definition) is 6. The van der Waals surface area contributed by atoms with Gasteiger partial charge in [0, 0.05) is 38.3 Å². The zero-order valence-corrected chi connectivity index (χ0v) is 10.8. The summed E-state index contributed by atoms with van der Waals surface area (Å²) in [5.74, 6) is 1.32. The molecule has 0 radical (unpaired) electrons. The van der Waals surface area contributed by atoms with Crippen LogP contribution < -0.4 is 5.32 Å². The van der Waals surface area contributed by atoms with Gasteiger partial charge in [0.2, 0.25) is 5.89 Å². The molecule has 2 aromatic rings. The first-order chi connectivity index (χ1) is 8.66. The lowest BCUT2D eigenvalue weighted by atomic mass is 10.2. The maximum atomic E-state index is 4.91. The van der Waals surface area contributed by atoms with E-state index in [0.29, 0.717) is 5.89 Å². The Hall–Kier alpha value is -1.82. The lowest BCUT2D eigenvalue weighted by Gasteiger charge is -2.13. The van der Waals surface area contributed by atoms with Gasteiger partial charge in [-0.2, -0.15) is 4.98 Å². The minimum absolute atomic E-state index is 0.159. The molecule has 2 heterocycles. The van der Waals surface area contributed by atoms with Crippen LogP contribution in [0.25, 0.3) is 0 Å². The predicted octanol–water partition coefficient (Wildman–Crippen LogP) is 1.37. The first-order valence-corrected chi connectivity index (χ1v) is 5.97. The van der Waals surface area contributed by atoms with Crippen LogP contribution in [0.15, 0.2) is 16.9 Å². The summed E-state index contributed by atoms with van der Waals surface area (Å²) in [6.07, 6.45) is 4.15. The molecule has 2 aromatic heterocycles. The third kappa shape index (κ3) is 3.10. The summed E-state index contributed by atoms with van der Waals surface area (Å²) < 4.78 is 4.91. The van der Waals surface area contributed by atoms with E-state index in [4.69, 9.17) is 4.52 Å². The fourth-order valence-electron chi connectivity index (χ4n) is 1.78. The molecule has 0 saturated carbocycles. The zero-order valence-electron chi connectivity index (χ0n) is 10.8. The van der Waals surface area contributed by atoms with Crippen molar-refractivity contribution in [1.82, 2.24) is 25.4 Å². The van der Waals surface area contributed by atoms with Gasteiger partial charge in [-0.15, -0.1) is 0 Å². The van der Waals surface area contributed by atoms with Crippen molar-refractivity contribution in [2.24, 2.45) is 0 Å². The molecule has 0 aliphatic rings. The third-order valence-electron chi connectivity index (χ3n) is 2.70. The molecule has 6 nitrogen and oxygen atoms in total. The number of hydrogen-bond donors (Lipinski definition) is 1. The molecule has 2 rings (SSSR count). The van der Waals surface area contributed by atoms with Crippen LogP contribution in [0.2, 0.25) is 0 Å². The molecule has 1 unspecified atom stereocenters. The van der Waals surface area contributed by atoms with E-state index in [1.54, 1.807) is 19.3 Å². The van der Waals surface area contributed by atoms with Crippen LogP contribution in [0.5, 0.6) is 0 Å². The Balaban J connectivity index is 1.85. The molecule has 0 aliphatic carbocycles. The van der Waals surface area contributed by atoms with Gasteiger partial charge in [0.15, 0.2) is 5.82 Å². The first kappa shape index (κ1) is 12.6. The fourth-order valence-corrected chi connectivity index (χ4v) is 1.78. The van der Waals surface area contributed by atoms with Gasteiger partial charge < -0.3 is 9.84 Å².